The molecule has 2 aliphatic rings. The third-order valence-electron chi connectivity index (χ3n) is 4.75. The number of fused-ring (bicyclic) bond motifs is 1. The molecule has 2 nitrogen and oxygen atoms in total. The molecule has 2 aliphatic carbocycles. The average Bonchev–Trinajstić information content (AvgIpc) is 2.85. The largest absolute Gasteiger partial charge is 0.469 e. The molecular weight excluding hydrogens is 222 g/mol. The number of nitrogens with one attached hydrogen (secondary N) is 1. The molecule has 18 heavy (non-hydrogen) atoms. The van der Waals surface area contributed by atoms with Crippen molar-refractivity contribution in [3.63, 3.8) is 0 Å². The third-order valence-corrected chi connectivity index (χ3v) is 4.75. The Morgan fingerprint density at radius 3 is 3.11 bits per heavy atom. The van der Waals surface area contributed by atoms with Crippen LogP contribution in [-0.4, -0.2) is 6.54 Å². The molecule has 1 aromatic rings. The second-order valence-corrected chi connectivity index (χ2v) is 6.29. The molecule has 1 N–H and O–H groups in total. The number of hydrogen-bond acceptors (Lipinski definition) is 2. The molecule has 3 rings (SSSR count). The Labute approximate surface area is 110 Å². The maximum Gasteiger partial charge on any atom is 0.108 e. The van der Waals surface area contributed by atoms with Gasteiger partial charge in [0, 0.05) is 18.0 Å². The van der Waals surface area contributed by atoms with Crippen molar-refractivity contribution >= 4 is 0 Å². The van der Waals surface area contributed by atoms with E-state index in [1.54, 1.807) is 0 Å². The smallest absolute Gasteiger partial charge is 0.108 e. The Morgan fingerprint density at radius 2 is 2.22 bits per heavy atom. The van der Waals surface area contributed by atoms with Gasteiger partial charge in [-0.05, 0) is 50.1 Å². The van der Waals surface area contributed by atoms with Gasteiger partial charge in [-0.15, -0.1) is 0 Å². The number of aryl methyl sites for hydroxylation is 1. The second kappa shape index (κ2) is 5.48. The molecule has 0 bridgehead atoms. The minimum Gasteiger partial charge on any atom is -0.469 e. The van der Waals surface area contributed by atoms with E-state index in [9.17, 15) is 0 Å². The van der Waals surface area contributed by atoms with Gasteiger partial charge in [0.2, 0.25) is 0 Å². The summed E-state index contributed by atoms with van der Waals surface area (Å²) in [4.78, 5) is 0. The van der Waals surface area contributed by atoms with Gasteiger partial charge in [0.05, 0.1) is 6.26 Å². The van der Waals surface area contributed by atoms with Crippen molar-refractivity contribution in [3.8, 4) is 0 Å². The van der Waals surface area contributed by atoms with Crippen LogP contribution in [0.1, 0.15) is 62.8 Å². The molecule has 0 spiro atoms. The zero-order chi connectivity index (χ0) is 12.4. The Kier molecular flexibility index (Phi) is 3.74. The summed E-state index contributed by atoms with van der Waals surface area (Å²) < 4.78 is 5.56. The molecule has 0 aliphatic heterocycles. The van der Waals surface area contributed by atoms with Gasteiger partial charge in [0.25, 0.3) is 0 Å². The van der Waals surface area contributed by atoms with E-state index >= 15 is 0 Å². The first-order valence-corrected chi connectivity index (χ1v) is 7.62. The number of hydrogen-bond donors (Lipinski definition) is 1. The standard InChI is InChI=1S/C16H25NO/c1-12-4-2-5-13(10-12)11-17-15-6-3-7-16-14(15)8-9-18-16/h8-9,12-13,15,17H,2-7,10-11H2,1H3. The summed E-state index contributed by atoms with van der Waals surface area (Å²) >= 11 is 0. The van der Waals surface area contributed by atoms with Crippen LogP contribution < -0.4 is 5.32 Å². The average molecular weight is 247 g/mol. The molecule has 0 radical (unpaired) electrons. The van der Waals surface area contributed by atoms with Gasteiger partial charge in [0.15, 0.2) is 0 Å². The Balaban J connectivity index is 1.55. The first kappa shape index (κ1) is 12.3. The lowest BCUT2D eigenvalue weighted by molar-refractivity contribution is 0.262. The van der Waals surface area contributed by atoms with Crippen molar-refractivity contribution in [1.82, 2.24) is 5.32 Å². The highest BCUT2D eigenvalue weighted by atomic mass is 16.3. The van der Waals surface area contributed by atoms with Crippen LogP contribution in [0.5, 0.6) is 0 Å². The molecule has 3 atom stereocenters. The quantitative estimate of drug-likeness (QED) is 0.871. The van der Waals surface area contributed by atoms with Gasteiger partial charge in [-0.2, -0.15) is 0 Å². The predicted molar refractivity (Wildman–Crippen MR) is 73.5 cm³/mol. The first-order chi connectivity index (χ1) is 8.83. The van der Waals surface area contributed by atoms with Crippen LogP contribution in [-0.2, 0) is 6.42 Å². The maximum atomic E-state index is 5.56. The van der Waals surface area contributed by atoms with Crippen molar-refractivity contribution in [2.45, 2.75) is 57.9 Å². The van der Waals surface area contributed by atoms with Crippen LogP contribution >= 0.6 is 0 Å². The Morgan fingerprint density at radius 1 is 1.28 bits per heavy atom. The van der Waals surface area contributed by atoms with Crippen molar-refractivity contribution < 1.29 is 4.42 Å². The fourth-order valence-corrected chi connectivity index (χ4v) is 3.75. The van der Waals surface area contributed by atoms with Gasteiger partial charge in [-0.1, -0.05) is 19.8 Å². The van der Waals surface area contributed by atoms with E-state index in [0.29, 0.717) is 6.04 Å². The van der Waals surface area contributed by atoms with E-state index in [4.69, 9.17) is 4.42 Å². The van der Waals surface area contributed by atoms with Gasteiger partial charge >= 0.3 is 0 Å². The highest BCUT2D eigenvalue weighted by molar-refractivity contribution is 5.23. The van der Waals surface area contributed by atoms with Crippen molar-refractivity contribution in [2.24, 2.45) is 11.8 Å². The van der Waals surface area contributed by atoms with Gasteiger partial charge in [-0.3, -0.25) is 0 Å². The maximum absolute atomic E-state index is 5.56. The lowest BCUT2D eigenvalue weighted by atomic mass is 9.82. The van der Waals surface area contributed by atoms with Crippen LogP contribution in [0.4, 0.5) is 0 Å². The molecule has 0 amide bonds. The molecule has 1 fully saturated rings. The minimum absolute atomic E-state index is 0.546. The molecule has 1 saturated carbocycles. The molecule has 1 aromatic heterocycles. The minimum atomic E-state index is 0.546. The van der Waals surface area contributed by atoms with E-state index in [0.717, 1.165) is 18.3 Å². The first-order valence-electron chi connectivity index (χ1n) is 7.62. The van der Waals surface area contributed by atoms with Crippen LogP contribution in [0.15, 0.2) is 16.7 Å². The molecule has 0 aromatic carbocycles. The normalized spacial score (nSPS) is 32.2. The zero-order valence-electron chi connectivity index (χ0n) is 11.5. The third kappa shape index (κ3) is 2.64. The number of rotatable bonds is 3. The fourth-order valence-electron chi connectivity index (χ4n) is 3.75. The summed E-state index contributed by atoms with van der Waals surface area (Å²) in [5.41, 5.74) is 1.42. The van der Waals surface area contributed by atoms with Crippen LogP contribution in [0.25, 0.3) is 0 Å². The van der Waals surface area contributed by atoms with E-state index in [1.807, 2.05) is 6.26 Å². The van der Waals surface area contributed by atoms with Gasteiger partial charge < -0.3 is 9.73 Å². The van der Waals surface area contributed by atoms with E-state index in [-0.39, 0.29) is 0 Å². The lowest BCUT2D eigenvalue weighted by Gasteiger charge is -2.30. The van der Waals surface area contributed by atoms with Crippen molar-refractivity contribution in [2.75, 3.05) is 6.54 Å². The number of furan rings is 1. The van der Waals surface area contributed by atoms with Crippen molar-refractivity contribution in [1.29, 1.82) is 0 Å². The summed E-state index contributed by atoms with van der Waals surface area (Å²) in [6.45, 7) is 3.60. The summed E-state index contributed by atoms with van der Waals surface area (Å²) in [6, 6.07) is 2.71. The SMILES string of the molecule is CC1CCCC(CNC2CCCc3occc32)C1. The second-order valence-electron chi connectivity index (χ2n) is 6.29. The Hall–Kier alpha value is -0.760. The molecule has 0 saturated heterocycles. The van der Waals surface area contributed by atoms with Crippen LogP contribution in [0, 0.1) is 11.8 Å². The van der Waals surface area contributed by atoms with Crippen LogP contribution in [0.2, 0.25) is 0 Å². The molecule has 3 unspecified atom stereocenters. The molecular formula is C16H25NO. The monoisotopic (exact) mass is 247 g/mol. The lowest BCUT2D eigenvalue weighted by Crippen LogP contribution is -2.31. The van der Waals surface area contributed by atoms with E-state index in [1.165, 1.54) is 56.4 Å². The van der Waals surface area contributed by atoms with Gasteiger partial charge in [-0.25, -0.2) is 0 Å². The topological polar surface area (TPSA) is 25.2 Å². The highest BCUT2D eigenvalue weighted by Crippen LogP contribution is 2.32. The van der Waals surface area contributed by atoms with E-state index < -0.39 is 0 Å². The van der Waals surface area contributed by atoms with Crippen LogP contribution in [0.3, 0.4) is 0 Å². The highest BCUT2D eigenvalue weighted by Gasteiger charge is 2.24. The summed E-state index contributed by atoms with van der Waals surface area (Å²) in [5.74, 6) is 3.04. The predicted octanol–water partition coefficient (Wildman–Crippen LogP) is 4.07. The summed E-state index contributed by atoms with van der Waals surface area (Å²) in [5, 5.41) is 3.79. The Bertz CT molecular complexity index is 384. The van der Waals surface area contributed by atoms with Gasteiger partial charge in [0.1, 0.15) is 5.76 Å². The summed E-state index contributed by atoms with van der Waals surface area (Å²) in [6.07, 6.45) is 11.2. The fraction of sp³-hybridized carbons (Fsp3) is 0.750. The zero-order valence-corrected chi connectivity index (χ0v) is 11.5. The molecule has 2 heteroatoms. The van der Waals surface area contributed by atoms with Crippen molar-refractivity contribution in [3.05, 3.63) is 23.7 Å². The molecule has 1 heterocycles. The summed E-state index contributed by atoms with van der Waals surface area (Å²) in [7, 11) is 0. The molecule has 100 valence electrons. The van der Waals surface area contributed by atoms with E-state index in [2.05, 4.69) is 18.3 Å².